The molecule has 116 valence electrons. The molecule has 0 amide bonds. The highest BCUT2D eigenvalue weighted by molar-refractivity contribution is 6.17. The molecule has 0 bridgehead atoms. The second-order valence-electron chi connectivity index (χ2n) is 7.14. The Bertz CT molecular complexity index is 303. The van der Waals surface area contributed by atoms with Crippen LogP contribution in [0.15, 0.2) is 0 Å². The van der Waals surface area contributed by atoms with E-state index < -0.39 is 0 Å². The quantitative estimate of drug-likeness (QED) is 0.700. The minimum Gasteiger partial charge on any atom is -0.370 e. The molecule has 3 heteroatoms. The Labute approximate surface area is 129 Å². The molecular formula is C17H30ClNO. The van der Waals surface area contributed by atoms with E-state index in [9.17, 15) is 0 Å². The van der Waals surface area contributed by atoms with E-state index in [4.69, 9.17) is 16.3 Å². The number of hydrogen-bond acceptors (Lipinski definition) is 2. The van der Waals surface area contributed by atoms with Gasteiger partial charge in [-0.15, -0.1) is 11.6 Å². The summed E-state index contributed by atoms with van der Waals surface area (Å²) in [5.74, 6) is 0.813. The van der Waals surface area contributed by atoms with Gasteiger partial charge >= 0.3 is 0 Å². The zero-order chi connectivity index (χ0) is 13.8. The summed E-state index contributed by atoms with van der Waals surface area (Å²) in [5.41, 5.74) is 0.286. The number of rotatable bonds is 5. The van der Waals surface area contributed by atoms with Crippen molar-refractivity contribution in [1.82, 2.24) is 4.90 Å². The molecule has 1 spiro atoms. The molecule has 0 radical (unpaired) electrons. The van der Waals surface area contributed by atoms with E-state index in [0.717, 1.165) is 18.3 Å². The predicted octanol–water partition coefficient (Wildman–Crippen LogP) is 4.35. The van der Waals surface area contributed by atoms with Crippen LogP contribution >= 0.6 is 11.6 Å². The molecular weight excluding hydrogens is 270 g/mol. The highest BCUT2D eigenvalue weighted by atomic mass is 35.5. The molecule has 0 aromatic rings. The van der Waals surface area contributed by atoms with Crippen molar-refractivity contribution in [2.75, 3.05) is 19.0 Å². The molecule has 1 aliphatic carbocycles. The average molecular weight is 300 g/mol. The topological polar surface area (TPSA) is 12.5 Å². The summed E-state index contributed by atoms with van der Waals surface area (Å²) in [6.45, 7) is 2.45. The second kappa shape index (κ2) is 6.98. The Morgan fingerprint density at radius 3 is 2.70 bits per heavy atom. The molecule has 3 aliphatic rings. The maximum absolute atomic E-state index is 6.54. The number of alkyl halides is 1. The summed E-state index contributed by atoms with van der Waals surface area (Å²) >= 11 is 5.85. The highest BCUT2D eigenvalue weighted by Crippen LogP contribution is 2.42. The number of likely N-dealkylation sites (tertiary alicyclic amines) is 1. The van der Waals surface area contributed by atoms with Gasteiger partial charge in [-0.25, -0.2) is 0 Å². The molecule has 3 fully saturated rings. The van der Waals surface area contributed by atoms with Crippen molar-refractivity contribution < 1.29 is 4.74 Å². The van der Waals surface area contributed by atoms with E-state index in [1.54, 1.807) is 0 Å². The van der Waals surface area contributed by atoms with Crippen LogP contribution in [0.1, 0.15) is 70.6 Å². The van der Waals surface area contributed by atoms with Crippen molar-refractivity contribution in [3.8, 4) is 0 Å². The van der Waals surface area contributed by atoms with Crippen LogP contribution in [0.3, 0.4) is 0 Å². The molecule has 0 N–H and O–H groups in total. The highest BCUT2D eigenvalue weighted by Gasteiger charge is 2.41. The van der Waals surface area contributed by atoms with Crippen molar-refractivity contribution in [1.29, 1.82) is 0 Å². The Morgan fingerprint density at radius 1 is 1.05 bits per heavy atom. The van der Waals surface area contributed by atoms with Gasteiger partial charge in [-0.1, -0.05) is 19.3 Å². The third-order valence-corrected chi connectivity index (χ3v) is 5.98. The molecule has 1 saturated carbocycles. The van der Waals surface area contributed by atoms with Crippen LogP contribution in [0.25, 0.3) is 0 Å². The van der Waals surface area contributed by atoms with E-state index in [-0.39, 0.29) is 5.60 Å². The van der Waals surface area contributed by atoms with Crippen LogP contribution in [-0.4, -0.2) is 41.6 Å². The smallest absolute Gasteiger partial charge is 0.0710 e. The molecule has 0 aromatic heterocycles. The van der Waals surface area contributed by atoms with Gasteiger partial charge in [0.05, 0.1) is 11.7 Å². The first-order valence-electron chi connectivity index (χ1n) is 8.79. The van der Waals surface area contributed by atoms with E-state index in [1.807, 2.05) is 0 Å². The zero-order valence-corrected chi connectivity index (χ0v) is 13.5. The lowest BCUT2D eigenvalue weighted by atomic mass is 9.83. The van der Waals surface area contributed by atoms with Crippen molar-refractivity contribution in [3.63, 3.8) is 0 Å². The van der Waals surface area contributed by atoms with Crippen LogP contribution < -0.4 is 0 Å². The van der Waals surface area contributed by atoms with Crippen LogP contribution in [0, 0.1) is 0 Å². The number of halogens is 1. The van der Waals surface area contributed by atoms with E-state index in [0.29, 0.717) is 6.10 Å². The first-order valence-corrected chi connectivity index (χ1v) is 9.33. The normalized spacial score (nSPS) is 34.0. The fourth-order valence-electron chi connectivity index (χ4n) is 4.62. The fraction of sp³-hybridized carbons (Fsp3) is 1.00. The standard InChI is InChI=1S/C17H30ClNO/c18-12-4-6-15-7-5-13-19(15)14-16-8-11-17(20-16)9-2-1-3-10-17/h15-16H,1-14H2. The lowest BCUT2D eigenvalue weighted by Gasteiger charge is -2.34. The molecule has 3 rings (SSSR count). The maximum Gasteiger partial charge on any atom is 0.0710 e. The van der Waals surface area contributed by atoms with Crippen molar-refractivity contribution >= 4 is 11.6 Å². The zero-order valence-electron chi connectivity index (χ0n) is 12.8. The summed E-state index contributed by atoms with van der Waals surface area (Å²) in [5, 5.41) is 0. The fourth-order valence-corrected chi connectivity index (χ4v) is 4.78. The number of nitrogens with zero attached hydrogens (tertiary/aromatic N) is 1. The molecule has 2 unspecified atom stereocenters. The monoisotopic (exact) mass is 299 g/mol. The number of hydrogen-bond donors (Lipinski definition) is 0. The van der Waals surface area contributed by atoms with Gasteiger partial charge in [0.15, 0.2) is 0 Å². The van der Waals surface area contributed by atoms with Gasteiger partial charge in [0, 0.05) is 18.5 Å². The largest absolute Gasteiger partial charge is 0.370 e. The van der Waals surface area contributed by atoms with Gasteiger partial charge in [0.2, 0.25) is 0 Å². The Morgan fingerprint density at radius 2 is 1.90 bits per heavy atom. The third-order valence-electron chi connectivity index (χ3n) is 5.71. The molecule has 0 aromatic carbocycles. The van der Waals surface area contributed by atoms with Gasteiger partial charge in [-0.05, 0) is 57.9 Å². The average Bonchev–Trinajstić information content (AvgIpc) is 3.06. The first-order chi connectivity index (χ1) is 9.81. The van der Waals surface area contributed by atoms with E-state index in [1.165, 1.54) is 77.3 Å². The van der Waals surface area contributed by atoms with Gasteiger partial charge in [0.1, 0.15) is 0 Å². The minimum absolute atomic E-state index is 0.286. The van der Waals surface area contributed by atoms with E-state index in [2.05, 4.69) is 4.90 Å². The van der Waals surface area contributed by atoms with Gasteiger partial charge in [-0.2, -0.15) is 0 Å². The SMILES string of the molecule is ClCCCC1CCCN1CC1CCC2(CCCCC2)O1. The molecule has 20 heavy (non-hydrogen) atoms. The Hall–Kier alpha value is 0.210. The summed E-state index contributed by atoms with van der Waals surface area (Å²) in [4.78, 5) is 2.69. The van der Waals surface area contributed by atoms with Gasteiger partial charge < -0.3 is 4.74 Å². The van der Waals surface area contributed by atoms with Crippen LogP contribution in [0.5, 0.6) is 0 Å². The lowest BCUT2D eigenvalue weighted by Crippen LogP contribution is -2.38. The molecule has 2 saturated heterocycles. The lowest BCUT2D eigenvalue weighted by molar-refractivity contribution is -0.0728. The Kier molecular flexibility index (Phi) is 5.28. The van der Waals surface area contributed by atoms with Crippen LogP contribution in [-0.2, 0) is 4.74 Å². The first kappa shape index (κ1) is 15.1. The molecule has 2 atom stereocenters. The summed E-state index contributed by atoms with van der Waals surface area (Å²) in [6, 6.07) is 0.778. The van der Waals surface area contributed by atoms with Crippen LogP contribution in [0.2, 0.25) is 0 Å². The molecule has 2 nitrogen and oxygen atoms in total. The maximum atomic E-state index is 6.54. The molecule has 2 heterocycles. The minimum atomic E-state index is 0.286. The van der Waals surface area contributed by atoms with Crippen LogP contribution in [0.4, 0.5) is 0 Å². The summed E-state index contributed by atoms with van der Waals surface area (Å²) in [7, 11) is 0. The summed E-state index contributed by atoms with van der Waals surface area (Å²) in [6.07, 6.45) is 15.1. The second-order valence-corrected chi connectivity index (χ2v) is 7.52. The summed E-state index contributed by atoms with van der Waals surface area (Å²) < 4.78 is 6.54. The third kappa shape index (κ3) is 3.51. The van der Waals surface area contributed by atoms with Crippen molar-refractivity contribution in [2.24, 2.45) is 0 Å². The number of ether oxygens (including phenoxy) is 1. The van der Waals surface area contributed by atoms with Crippen molar-refractivity contribution in [3.05, 3.63) is 0 Å². The van der Waals surface area contributed by atoms with Crippen molar-refractivity contribution in [2.45, 2.75) is 88.4 Å². The van der Waals surface area contributed by atoms with Gasteiger partial charge in [0.25, 0.3) is 0 Å². The molecule has 2 aliphatic heterocycles. The van der Waals surface area contributed by atoms with Gasteiger partial charge in [-0.3, -0.25) is 4.90 Å². The van der Waals surface area contributed by atoms with E-state index >= 15 is 0 Å². The predicted molar refractivity (Wildman–Crippen MR) is 84.5 cm³/mol. The Balaban J connectivity index is 1.48.